The van der Waals surface area contributed by atoms with E-state index in [1.54, 1.807) is 0 Å². The van der Waals surface area contributed by atoms with Crippen LogP contribution < -0.4 is 5.32 Å². The first-order valence-electron chi connectivity index (χ1n) is 8.37. The van der Waals surface area contributed by atoms with E-state index in [0.717, 1.165) is 31.0 Å². The quantitative estimate of drug-likeness (QED) is 0.905. The average Bonchev–Trinajstić information content (AvgIpc) is 2.52. The van der Waals surface area contributed by atoms with Crippen molar-refractivity contribution in [3.8, 4) is 0 Å². The number of hydrogen-bond acceptors (Lipinski definition) is 4. The van der Waals surface area contributed by atoms with Gasteiger partial charge < -0.3 is 10.1 Å². The molecule has 2 aliphatic carbocycles. The number of nitrogens with zero attached hydrogens (tertiary/aromatic N) is 2. The maximum absolute atomic E-state index is 6.00. The summed E-state index contributed by atoms with van der Waals surface area (Å²) >= 11 is 0. The summed E-state index contributed by atoms with van der Waals surface area (Å²) in [5.41, 5.74) is 2.39. The van der Waals surface area contributed by atoms with Gasteiger partial charge in [0, 0.05) is 37.0 Å². The van der Waals surface area contributed by atoms with Crippen LogP contribution in [0.25, 0.3) is 0 Å². The Balaban J connectivity index is 1.60. The van der Waals surface area contributed by atoms with Crippen LogP contribution >= 0.6 is 0 Å². The highest BCUT2D eigenvalue weighted by molar-refractivity contribution is 5.10. The van der Waals surface area contributed by atoms with E-state index in [-0.39, 0.29) is 0 Å². The van der Waals surface area contributed by atoms with Gasteiger partial charge in [0.2, 0.25) is 0 Å². The van der Waals surface area contributed by atoms with Crippen molar-refractivity contribution < 1.29 is 4.74 Å². The predicted octanol–water partition coefficient (Wildman–Crippen LogP) is 3.00. The third-order valence-electron chi connectivity index (χ3n) is 5.30. The molecule has 2 aliphatic rings. The Bertz CT molecular complexity index is 454. The van der Waals surface area contributed by atoms with Gasteiger partial charge >= 0.3 is 0 Å². The molecule has 1 aromatic heterocycles. The lowest BCUT2D eigenvalue weighted by molar-refractivity contribution is -0.150. The fraction of sp³-hybridized carbons (Fsp3) is 0.765. The van der Waals surface area contributed by atoms with Gasteiger partial charge in [-0.2, -0.15) is 0 Å². The summed E-state index contributed by atoms with van der Waals surface area (Å²) in [5.74, 6) is 0. The molecule has 0 amide bonds. The van der Waals surface area contributed by atoms with E-state index in [1.165, 1.54) is 32.1 Å². The van der Waals surface area contributed by atoms with Crippen LogP contribution in [0.2, 0.25) is 0 Å². The normalized spacial score (nSPS) is 27.5. The van der Waals surface area contributed by atoms with Crippen molar-refractivity contribution in [1.82, 2.24) is 15.3 Å². The largest absolute Gasteiger partial charge is 0.378 e. The highest BCUT2D eigenvalue weighted by Gasteiger charge is 2.55. The summed E-state index contributed by atoms with van der Waals surface area (Å²) < 4.78 is 6.00. The Morgan fingerprint density at radius 2 is 2.05 bits per heavy atom. The van der Waals surface area contributed by atoms with Crippen molar-refractivity contribution in [2.24, 2.45) is 5.41 Å². The molecule has 0 saturated heterocycles. The van der Waals surface area contributed by atoms with Crippen LogP contribution in [0.15, 0.2) is 12.4 Å². The monoisotopic (exact) mass is 289 g/mol. The van der Waals surface area contributed by atoms with Crippen molar-refractivity contribution in [1.29, 1.82) is 0 Å². The standard InChI is InChI=1S/C17H27N3O/c1-3-21-16-9-15(17(16)7-5-4-6-8-17)20-12-14-11-18-13(2)10-19-14/h10-11,15-16,20H,3-9,12H2,1-2H3. The Morgan fingerprint density at radius 1 is 1.24 bits per heavy atom. The summed E-state index contributed by atoms with van der Waals surface area (Å²) in [6, 6.07) is 0.581. The van der Waals surface area contributed by atoms with E-state index >= 15 is 0 Å². The third kappa shape index (κ3) is 2.97. The van der Waals surface area contributed by atoms with Crippen molar-refractivity contribution in [2.45, 2.75) is 71.1 Å². The molecule has 2 unspecified atom stereocenters. The Hall–Kier alpha value is -1.00. The van der Waals surface area contributed by atoms with E-state index in [0.29, 0.717) is 17.6 Å². The lowest BCUT2D eigenvalue weighted by Gasteiger charge is -2.58. The lowest BCUT2D eigenvalue weighted by Crippen LogP contribution is -2.64. The summed E-state index contributed by atoms with van der Waals surface area (Å²) in [6.07, 6.45) is 12.1. The van der Waals surface area contributed by atoms with Crippen LogP contribution in [0, 0.1) is 12.3 Å². The predicted molar refractivity (Wildman–Crippen MR) is 82.9 cm³/mol. The molecule has 1 aromatic rings. The van der Waals surface area contributed by atoms with Crippen molar-refractivity contribution >= 4 is 0 Å². The molecule has 4 heteroatoms. The Kier molecular flexibility index (Phi) is 4.55. The topological polar surface area (TPSA) is 47.0 Å². The molecule has 1 heterocycles. The van der Waals surface area contributed by atoms with Gasteiger partial charge in [-0.1, -0.05) is 19.3 Å². The molecule has 0 aliphatic heterocycles. The maximum Gasteiger partial charge on any atom is 0.0724 e. The van der Waals surface area contributed by atoms with Crippen molar-refractivity contribution in [3.05, 3.63) is 23.8 Å². The second-order valence-corrected chi connectivity index (χ2v) is 6.56. The van der Waals surface area contributed by atoms with E-state index in [2.05, 4.69) is 22.2 Å². The van der Waals surface area contributed by atoms with E-state index in [9.17, 15) is 0 Å². The summed E-state index contributed by atoms with van der Waals surface area (Å²) in [5, 5.41) is 3.72. The SMILES string of the molecule is CCOC1CC(NCc2cnc(C)cn2)C12CCCCC2. The summed E-state index contributed by atoms with van der Waals surface area (Å²) in [6.45, 7) is 5.74. The minimum Gasteiger partial charge on any atom is -0.378 e. The maximum atomic E-state index is 6.00. The van der Waals surface area contributed by atoms with Crippen molar-refractivity contribution in [3.63, 3.8) is 0 Å². The van der Waals surface area contributed by atoms with Gasteiger partial charge in [-0.15, -0.1) is 0 Å². The van der Waals surface area contributed by atoms with Gasteiger partial charge in [0.15, 0.2) is 0 Å². The second-order valence-electron chi connectivity index (χ2n) is 6.56. The van der Waals surface area contributed by atoms with Crippen LogP contribution in [-0.4, -0.2) is 28.7 Å². The number of ether oxygens (including phenoxy) is 1. The van der Waals surface area contributed by atoms with Gasteiger partial charge in [-0.3, -0.25) is 9.97 Å². The molecule has 2 saturated carbocycles. The highest BCUT2D eigenvalue weighted by atomic mass is 16.5. The van der Waals surface area contributed by atoms with Crippen LogP contribution in [-0.2, 0) is 11.3 Å². The van der Waals surface area contributed by atoms with Gasteiger partial charge in [-0.25, -0.2) is 0 Å². The summed E-state index contributed by atoms with van der Waals surface area (Å²) in [4.78, 5) is 8.76. The second kappa shape index (κ2) is 6.41. The molecular weight excluding hydrogens is 262 g/mol. The Labute approximate surface area is 127 Å². The minimum absolute atomic E-state index is 0.381. The first-order chi connectivity index (χ1) is 10.2. The first-order valence-corrected chi connectivity index (χ1v) is 8.37. The number of nitrogens with one attached hydrogen (secondary N) is 1. The zero-order valence-corrected chi connectivity index (χ0v) is 13.3. The minimum atomic E-state index is 0.381. The van der Waals surface area contributed by atoms with Crippen LogP contribution in [0.3, 0.4) is 0 Å². The molecule has 0 bridgehead atoms. The fourth-order valence-electron chi connectivity index (χ4n) is 4.09. The molecule has 21 heavy (non-hydrogen) atoms. The summed E-state index contributed by atoms with van der Waals surface area (Å²) in [7, 11) is 0. The molecule has 3 rings (SSSR count). The molecule has 4 nitrogen and oxygen atoms in total. The number of hydrogen-bond donors (Lipinski definition) is 1. The molecule has 2 atom stereocenters. The molecule has 1 N–H and O–H groups in total. The highest BCUT2D eigenvalue weighted by Crippen LogP contribution is 2.53. The number of rotatable bonds is 5. The zero-order valence-electron chi connectivity index (χ0n) is 13.3. The van der Waals surface area contributed by atoms with Gasteiger partial charge in [0.1, 0.15) is 0 Å². The molecule has 2 fully saturated rings. The molecule has 0 radical (unpaired) electrons. The zero-order chi connectivity index (χ0) is 14.7. The third-order valence-corrected chi connectivity index (χ3v) is 5.30. The molecular formula is C17H27N3O. The number of aromatic nitrogens is 2. The van der Waals surface area contributed by atoms with Gasteiger partial charge in [0.25, 0.3) is 0 Å². The van der Waals surface area contributed by atoms with Gasteiger partial charge in [-0.05, 0) is 33.1 Å². The molecule has 116 valence electrons. The lowest BCUT2D eigenvalue weighted by atomic mass is 9.55. The Morgan fingerprint density at radius 3 is 2.71 bits per heavy atom. The number of aryl methyl sites for hydroxylation is 1. The molecule has 0 aromatic carbocycles. The smallest absolute Gasteiger partial charge is 0.0724 e. The average molecular weight is 289 g/mol. The van der Waals surface area contributed by atoms with Crippen LogP contribution in [0.5, 0.6) is 0 Å². The van der Waals surface area contributed by atoms with E-state index in [4.69, 9.17) is 4.74 Å². The fourth-order valence-corrected chi connectivity index (χ4v) is 4.09. The van der Waals surface area contributed by atoms with Crippen LogP contribution in [0.1, 0.15) is 56.8 Å². The van der Waals surface area contributed by atoms with Gasteiger partial charge in [0.05, 0.1) is 17.5 Å². The molecule has 1 spiro atoms. The van der Waals surface area contributed by atoms with E-state index < -0.39 is 0 Å². The van der Waals surface area contributed by atoms with E-state index in [1.807, 2.05) is 19.3 Å². The van der Waals surface area contributed by atoms with Crippen LogP contribution in [0.4, 0.5) is 0 Å². The first kappa shape index (κ1) is 14.9. The van der Waals surface area contributed by atoms with Crippen molar-refractivity contribution in [2.75, 3.05) is 6.61 Å².